The van der Waals surface area contributed by atoms with E-state index in [4.69, 9.17) is 22.1 Å². The predicted octanol–water partition coefficient (Wildman–Crippen LogP) is 2.40. The van der Waals surface area contributed by atoms with E-state index in [2.05, 4.69) is 4.90 Å². The summed E-state index contributed by atoms with van der Waals surface area (Å²) in [6.07, 6.45) is 2.61. The zero-order valence-corrected chi connectivity index (χ0v) is 10.0. The summed E-state index contributed by atoms with van der Waals surface area (Å²) in [5.74, 6) is 0.687. The fourth-order valence-corrected chi connectivity index (χ4v) is 2.10. The Morgan fingerprint density at radius 2 is 2.06 bits per heavy atom. The Morgan fingerprint density at radius 3 is 2.81 bits per heavy atom. The average molecular weight is 241 g/mol. The molecule has 0 aliphatic carbocycles. The van der Waals surface area contributed by atoms with E-state index in [1.54, 1.807) is 6.07 Å². The van der Waals surface area contributed by atoms with Gasteiger partial charge in [-0.25, -0.2) is 0 Å². The highest BCUT2D eigenvalue weighted by Crippen LogP contribution is 2.28. The van der Waals surface area contributed by atoms with Crippen LogP contribution in [0.25, 0.3) is 0 Å². The summed E-state index contributed by atoms with van der Waals surface area (Å²) in [5.41, 5.74) is 6.34. The lowest BCUT2D eigenvalue weighted by molar-refractivity contribution is 0.238. The molecule has 1 aliphatic heterocycles. The van der Waals surface area contributed by atoms with Gasteiger partial charge in [-0.3, -0.25) is 4.90 Å². The van der Waals surface area contributed by atoms with Crippen LogP contribution in [0.3, 0.4) is 0 Å². The molecule has 0 radical (unpaired) electrons. The molecule has 1 saturated heterocycles. The van der Waals surface area contributed by atoms with Gasteiger partial charge in [-0.05, 0) is 38.1 Å². The molecule has 1 aromatic carbocycles. The molecule has 0 saturated carbocycles. The third-order valence-corrected chi connectivity index (χ3v) is 3.21. The summed E-state index contributed by atoms with van der Waals surface area (Å²) < 4.78 is 5.63. The van der Waals surface area contributed by atoms with Crippen molar-refractivity contribution in [1.29, 1.82) is 0 Å². The Bertz CT molecular complexity index is 351. The van der Waals surface area contributed by atoms with Crippen molar-refractivity contribution in [2.24, 2.45) is 0 Å². The normalized spacial score (nSPS) is 16.6. The van der Waals surface area contributed by atoms with Crippen molar-refractivity contribution in [3.8, 4) is 5.75 Å². The van der Waals surface area contributed by atoms with Crippen LogP contribution in [0.5, 0.6) is 5.75 Å². The van der Waals surface area contributed by atoms with Crippen LogP contribution in [0.2, 0.25) is 5.02 Å². The van der Waals surface area contributed by atoms with Crippen LogP contribution in [0.4, 0.5) is 5.69 Å². The highest BCUT2D eigenvalue weighted by Gasteiger charge is 2.11. The Labute approximate surface area is 101 Å². The van der Waals surface area contributed by atoms with E-state index in [1.165, 1.54) is 25.9 Å². The molecule has 0 spiro atoms. The molecule has 1 aliphatic rings. The van der Waals surface area contributed by atoms with Gasteiger partial charge in [-0.2, -0.15) is 0 Å². The molecular weight excluding hydrogens is 224 g/mol. The molecule has 1 fully saturated rings. The lowest BCUT2D eigenvalue weighted by atomic mass is 10.3. The Hall–Kier alpha value is -0.930. The van der Waals surface area contributed by atoms with Gasteiger partial charge in [0, 0.05) is 6.54 Å². The molecule has 16 heavy (non-hydrogen) atoms. The highest BCUT2D eigenvalue weighted by atomic mass is 35.5. The third kappa shape index (κ3) is 2.80. The number of nitrogen functional groups attached to an aromatic ring is 1. The van der Waals surface area contributed by atoms with Crippen LogP contribution >= 0.6 is 11.6 Å². The minimum Gasteiger partial charge on any atom is -0.490 e. The molecule has 0 aromatic heterocycles. The maximum atomic E-state index is 5.90. The van der Waals surface area contributed by atoms with E-state index >= 15 is 0 Å². The van der Waals surface area contributed by atoms with E-state index in [-0.39, 0.29) is 0 Å². The smallest absolute Gasteiger partial charge is 0.143 e. The summed E-state index contributed by atoms with van der Waals surface area (Å²) in [4.78, 5) is 2.40. The molecule has 4 heteroatoms. The van der Waals surface area contributed by atoms with Crippen LogP contribution in [0, 0.1) is 0 Å². The molecule has 0 bridgehead atoms. The lowest BCUT2D eigenvalue weighted by Gasteiger charge is -2.15. The first kappa shape index (κ1) is 11.6. The van der Waals surface area contributed by atoms with Gasteiger partial charge in [0.2, 0.25) is 0 Å². The average Bonchev–Trinajstić information content (AvgIpc) is 2.77. The number of hydrogen-bond acceptors (Lipinski definition) is 3. The summed E-state index contributed by atoms with van der Waals surface area (Å²) in [7, 11) is 0. The standard InChI is InChI=1S/C12H17ClN2O/c13-10-4-3-5-11(12(10)14)16-9-8-15-6-1-2-7-15/h3-5H,1-2,6-9,14H2. The molecule has 0 amide bonds. The zero-order chi connectivity index (χ0) is 11.4. The molecule has 1 heterocycles. The minimum atomic E-state index is 0.533. The summed E-state index contributed by atoms with van der Waals surface area (Å²) in [6.45, 7) is 4.01. The first-order valence-corrected chi connectivity index (χ1v) is 6.04. The van der Waals surface area contributed by atoms with E-state index in [9.17, 15) is 0 Å². The first-order chi connectivity index (χ1) is 7.77. The molecule has 88 valence electrons. The number of rotatable bonds is 4. The van der Waals surface area contributed by atoms with Crippen LogP contribution in [-0.2, 0) is 0 Å². The number of nitrogens with zero attached hydrogens (tertiary/aromatic N) is 1. The van der Waals surface area contributed by atoms with E-state index in [0.29, 0.717) is 23.1 Å². The number of anilines is 1. The third-order valence-electron chi connectivity index (χ3n) is 2.88. The maximum absolute atomic E-state index is 5.90. The van der Waals surface area contributed by atoms with E-state index in [0.717, 1.165) is 6.54 Å². The van der Waals surface area contributed by atoms with Gasteiger partial charge in [0.1, 0.15) is 12.4 Å². The van der Waals surface area contributed by atoms with E-state index < -0.39 is 0 Å². The monoisotopic (exact) mass is 240 g/mol. The maximum Gasteiger partial charge on any atom is 0.143 e. The van der Waals surface area contributed by atoms with Gasteiger partial charge in [0.15, 0.2) is 0 Å². The highest BCUT2D eigenvalue weighted by molar-refractivity contribution is 6.33. The summed E-state index contributed by atoms with van der Waals surface area (Å²) >= 11 is 5.90. The number of hydrogen-bond donors (Lipinski definition) is 1. The number of likely N-dealkylation sites (tertiary alicyclic amines) is 1. The molecule has 3 nitrogen and oxygen atoms in total. The van der Waals surface area contributed by atoms with Crippen LogP contribution in [0.1, 0.15) is 12.8 Å². The van der Waals surface area contributed by atoms with Crippen LogP contribution in [-0.4, -0.2) is 31.1 Å². The second kappa shape index (κ2) is 5.41. The van der Waals surface area contributed by atoms with Gasteiger partial charge in [0.25, 0.3) is 0 Å². The Kier molecular flexibility index (Phi) is 3.91. The number of para-hydroxylation sites is 1. The summed E-state index contributed by atoms with van der Waals surface area (Å²) in [5, 5.41) is 0.554. The SMILES string of the molecule is Nc1c(Cl)cccc1OCCN1CCCC1. The number of nitrogens with two attached hydrogens (primary N) is 1. The van der Waals surface area contributed by atoms with Crippen molar-refractivity contribution < 1.29 is 4.74 Å². The molecule has 1 aromatic rings. The van der Waals surface area contributed by atoms with Gasteiger partial charge >= 0.3 is 0 Å². The van der Waals surface area contributed by atoms with Crippen LogP contribution in [0.15, 0.2) is 18.2 Å². The van der Waals surface area contributed by atoms with Crippen molar-refractivity contribution in [1.82, 2.24) is 4.90 Å². The molecule has 0 atom stereocenters. The van der Waals surface area contributed by atoms with Crippen molar-refractivity contribution in [3.63, 3.8) is 0 Å². The Balaban J connectivity index is 1.82. The second-order valence-electron chi connectivity index (χ2n) is 4.05. The van der Waals surface area contributed by atoms with Gasteiger partial charge in [-0.15, -0.1) is 0 Å². The predicted molar refractivity (Wildman–Crippen MR) is 67.0 cm³/mol. The first-order valence-electron chi connectivity index (χ1n) is 5.66. The molecule has 2 rings (SSSR count). The zero-order valence-electron chi connectivity index (χ0n) is 9.29. The fourth-order valence-electron chi connectivity index (χ4n) is 1.93. The quantitative estimate of drug-likeness (QED) is 0.822. The van der Waals surface area contributed by atoms with Gasteiger partial charge < -0.3 is 10.5 Å². The van der Waals surface area contributed by atoms with Crippen molar-refractivity contribution >= 4 is 17.3 Å². The Morgan fingerprint density at radius 1 is 1.31 bits per heavy atom. The topological polar surface area (TPSA) is 38.5 Å². The number of ether oxygens (including phenoxy) is 1. The number of benzene rings is 1. The summed E-state index contributed by atoms with van der Waals surface area (Å²) in [6, 6.07) is 5.47. The lowest BCUT2D eigenvalue weighted by Crippen LogP contribution is -2.25. The fraction of sp³-hybridized carbons (Fsp3) is 0.500. The molecule has 0 unspecified atom stereocenters. The van der Waals surface area contributed by atoms with Crippen molar-refractivity contribution in [3.05, 3.63) is 23.2 Å². The molecule has 2 N–H and O–H groups in total. The van der Waals surface area contributed by atoms with Gasteiger partial charge in [0.05, 0.1) is 10.7 Å². The van der Waals surface area contributed by atoms with E-state index in [1.807, 2.05) is 12.1 Å². The second-order valence-corrected chi connectivity index (χ2v) is 4.46. The van der Waals surface area contributed by atoms with Crippen molar-refractivity contribution in [2.45, 2.75) is 12.8 Å². The number of halogens is 1. The largest absolute Gasteiger partial charge is 0.490 e. The van der Waals surface area contributed by atoms with Crippen molar-refractivity contribution in [2.75, 3.05) is 32.0 Å². The molecular formula is C12H17ClN2O. The van der Waals surface area contributed by atoms with Crippen LogP contribution < -0.4 is 10.5 Å². The minimum absolute atomic E-state index is 0.533. The van der Waals surface area contributed by atoms with Gasteiger partial charge in [-0.1, -0.05) is 17.7 Å².